The van der Waals surface area contributed by atoms with Gasteiger partial charge in [0.1, 0.15) is 17.6 Å². The molecule has 0 spiro atoms. The Morgan fingerprint density at radius 3 is 2.65 bits per heavy atom. The van der Waals surface area contributed by atoms with Crippen LogP contribution in [0.2, 0.25) is 5.02 Å². The number of nitrogens with one attached hydrogen (secondary N) is 1. The van der Waals surface area contributed by atoms with Gasteiger partial charge in [-0.25, -0.2) is 4.39 Å². The fourth-order valence-electron chi connectivity index (χ4n) is 1.57. The largest absolute Gasteiger partial charge is 0.508 e. The highest BCUT2D eigenvalue weighted by Crippen LogP contribution is 2.21. The van der Waals surface area contributed by atoms with Crippen molar-refractivity contribution < 1.29 is 14.3 Å². The highest BCUT2D eigenvalue weighted by molar-refractivity contribution is 6.32. The molecule has 0 aliphatic heterocycles. The zero-order chi connectivity index (χ0) is 14.7. The van der Waals surface area contributed by atoms with E-state index in [9.17, 15) is 9.18 Å². The minimum atomic E-state index is -0.831. The van der Waals surface area contributed by atoms with Crippen molar-refractivity contribution in [2.24, 2.45) is 0 Å². The van der Waals surface area contributed by atoms with Gasteiger partial charge in [0.15, 0.2) is 0 Å². The van der Waals surface area contributed by atoms with E-state index in [1.165, 1.54) is 30.3 Å². The van der Waals surface area contributed by atoms with Gasteiger partial charge in [0.2, 0.25) is 0 Å². The first kappa shape index (κ1) is 13.8. The zero-order valence-electron chi connectivity index (χ0n) is 10.0. The smallest absolute Gasteiger partial charge is 0.258 e. The average Bonchev–Trinajstić information content (AvgIpc) is 2.38. The van der Waals surface area contributed by atoms with Crippen LogP contribution >= 0.6 is 11.6 Å². The van der Waals surface area contributed by atoms with Crippen LogP contribution in [0.25, 0.3) is 0 Å². The molecule has 0 atom stereocenters. The average molecular weight is 291 g/mol. The fraction of sp³-hybridized carbons (Fsp3) is 0. The van der Waals surface area contributed by atoms with E-state index in [4.69, 9.17) is 22.0 Å². The van der Waals surface area contributed by atoms with E-state index >= 15 is 0 Å². The van der Waals surface area contributed by atoms with Gasteiger partial charge in [-0.3, -0.25) is 4.79 Å². The zero-order valence-corrected chi connectivity index (χ0v) is 10.8. The third-order valence-corrected chi connectivity index (χ3v) is 2.86. The molecule has 0 fully saturated rings. The van der Waals surface area contributed by atoms with Gasteiger partial charge in [-0.05, 0) is 30.3 Å². The van der Waals surface area contributed by atoms with Gasteiger partial charge in [-0.1, -0.05) is 11.6 Å². The molecule has 0 aromatic heterocycles. The number of phenols is 1. The summed E-state index contributed by atoms with van der Waals surface area (Å²) in [6.45, 7) is 0. The van der Waals surface area contributed by atoms with E-state index in [0.717, 1.165) is 6.07 Å². The lowest BCUT2D eigenvalue weighted by atomic mass is 10.1. The molecule has 6 heteroatoms. The Morgan fingerprint density at radius 2 is 2.05 bits per heavy atom. The molecule has 0 bridgehead atoms. The lowest BCUT2D eigenvalue weighted by molar-refractivity contribution is 0.102. The summed E-state index contributed by atoms with van der Waals surface area (Å²) in [5.74, 6) is -1.77. The van der Waals surface area contributed by atoms with Crippen LogP contribution in [0.4, 0.5) is 10.1 Å². The molecule has 0 saturated carbocycles. The first-order valence-electron chi connectivity index (χ1n) is 5.51. The number of carbonyl (C=O) groups is 1. The van der Waals surface area contributed by atoms with Crippen LogP contribution in [0.5, 0.6) is 5.75 Å². The molecule has 0 heterocycles. The van der Waals surface area contributed by atoms with Crippen molar-refractivity contribution in [2.75, 3.05) is 5.32 Å². The molecule has 0 aliphatic carbocycles. The van der Waals surface area contributed by atoms with Crippen molar-refractivity contribution in [3.05, 3.63) is 58.4 Å². The number of aromatic hydroxyl groups is 1. The van der Waals surface area contributed by atoms with Crippen LogP contribution in [0, 0.1) is 17.1 Å². The molecule has 100 valence electrons. The lowest BCUT2D eigenvalue weighted by Gasteiger charge is -2.07. The van der Waals surface area contributed by atoms with Crippen molar-refractivity contribution in [3.8, 4) is 11.8 Å². The Labute approximate surface area is 119 Å². The summed E-state index contributed by atoms with van der Waals surface area (Å²) in [4.78, 5) is 11.9. The van der Waals surface area contributed by atoms with E-state index in [-0.39, 0.29) is 21.9 Å². The van der Waals surface area contributed by atoms with Gasteiger partial charge in [0.25, 0.3) is 5.91 Å². The molecule has 0 aliphatic rings. The maximum Gasteiger partial charge on any atom is 0.258 e. The van der Waals surface area contributed by atoms with Gasteiger partial charge < -0.3 is 10.4 Å². The summed E-state index contributed by atoms with van der Waals surface area (Å²) < 4.78 is 13.5. The molecule has 2 N–H and O–H groups in total. The third-order valence-electron chi connectivity index (χ3n) is 2.54. The molecule has 0 saturated heterocycles. The highest BCUT2D eigenvalue weighted by Gasteiger charge is 2.13. The lowest BCUT2D eigenvalue weighted by Crippen LogP contribution is -2.13. The minimum absolute atomic E-state index is 0.191. The number of benzene rings is 2. The summed E-state index contributed by atoms with van der Waals surface area (Å²) in [5.41, 5.74) is 0.412. The van der Waals surface area contributed by atoms with E-state index in [1.54, 1.807) is 0 Å². The standard InChI is InChI=1S/C14H8ClFN2O2/c15-12-5-9(2-1-8(12)7-17)18-14(20)11-4-3-10(19)6-13(11)16/h1-6,19H,(H,18,20). The SMILES string of the molecule is N#Cc1ccc(NC(=O)c2ccc(O)cc2F)cc1Cl. The topological polar surface area (TPSA) is 73.1 Å². The Morgan fingerprint density at radius 1 is 1.30 bits per heavy atom. The molecule has 2 aromatic carbocycles. The van der Waals surface area contributed by atoms with Crippen LogP contribution in [0.3, 0.4) is 0 Å². The van der Waals surface area contributed by atoms with Crippen molar-refractivity contribution in [1.29, 1.82) is 5.26 Å². The number of halogens is 2. The molecule has 20 heavy (non-hydrogen) atoms. The van der Waals surface area contributed by atoms with Crippen LogP contribution < -0.4 is 5.32 Å². The van der Waals surface area contributed by atoms with Gasteiger partial charge in [-0.15, -0.1) is 0 Å². The predicted molar refractivity (Wildman–Crippen MR) is 72.2 cm³/mol. The van der Waals surface area contributed by atoms with Crippen LogP contribution in [0.1, 0.15) is 15.9 Å². The summed E-state index contributed by atoms with van der Waals surface area (Å²) in [7, 11) is 0. The number of nitrogens with zero attached hydrogens (tertiary/aromatic N) is 1. The molecule has 1 amide bonds. The van der Waals surface area contributed by atoms with Gasteiger partial charge in [0.05, 0.1) is 16.1 Å². The number of phenolic OH excluding ortho intramolecular Hbond substituents is 1. The maximum absolute atomic E-state index is 13.5. The molecular formula is C14H8ClFN2O2. The second kappa shape index (κ2) is 5.59. The van der Waals surface area contributed by atoms with Crippen molar-refractivity contribution >= 4 is 23.2 Å². The van der Waals surface area contributed by atoms with Crippen molar-refractivity contribution in [3.63, 3.8) is 0 Å². The van der Waals surface area contributed by atoms with Gasteiger partial charge in [0, 0.05) is 11.8 Å². The summed E-state index contributed by atoms with van der Waals surface area (Å²) in [6, 6.07) is 9.46. The quantitative estimate of drug-likeness (QED) is 0.891. The first-order chi connectivity index (χ1) is 9.51. The molecular weight excluding hydrogens is 283 g/mol. The van der Waals surface area contributed by atoms with E-state index < -0.39 is 11.7 Å². The van der Waals surface area contributed by atoms with Crippen LogP contribution in [0.15, 0.2) is 36.4 Å². The third kappa shape index (κ3) is 2.87. The highest BCUT2D eigenvalue weighted by atomic mass is 35.5. The number of carbonyl (C=O) groups excluding carboxylic acids is 1. The summed E-state index contributed by atoms with van der Waals surface area (Å²) in [5, 5.41) is 20.5. The van der Waals surface area contributed by atoms with E-state index in [1.807, 2.05) is 6.07 Å². The molecule has 2 aromatic rings. The Hall–Kier alpha value is -2.58. The molecule has 0 unspecified atom stereocenters. The number of amides is 1. The normalized spacial score (nSPS) is 9.85. The molecule has 4 nitrogen and oxygen atoms in total. The monoisotopic (exact) mass is 290 g/mol. The Kier molecular flexibility index (Phi) is 3.87. The molecule has 2 rings (SSSR count). The van der Waals surface area contributed by atoms with Gasteiger partial charge in [-0.2, -0.15) is 5.26 Å². The van der Waals surface area contributed by atoms with Crippen molar-refractivity contribution in [1.82, 2.24) is 0 Å². The van der Waals surface area contributed by atoms with E-state index in [0.29, 0.717) is 5.69 Å². The van der Waals surface area contributed by atoms with E-state index in [2.05, 4.69) is 5.32 Å². The second-order valence-corrected chi connectivity index (χ2v) is 4.33. The van der Waals surface area contributed by atoms with Crippen molar-refractivity contribution in [2.45, 2.75) is 0 Å². The Balaban J connectivity index is 2.24. The first-order valence-corrected chi connectivity index (χ1v) is 5.88. The molecule has 0 radical (unpaired) electrons. The predicted octanol–water partition coefficient (Wildman–Crippen LogP) is 3.31. The summed E-state index contributed by atoms with van der Waals surface area (Å²) in [6.07, 6.45) is 0. The van der Waals surface area contributed by atoms with Crippen LogP contribution in [-0.4, -0.2) is 11.0 Å². The van der Waals surface area contributed by atoms with Gasteiger partial charge >= 0.3 is 0 Å². The number of anilines is 1. The Bertz CT molecular complexity index is 726. The minimum Gasteiger partial charge on any atom is -0.508 e. The number of hydrogen-bond donors (Lipinski definition) is 2. The number of nitriles is 1. The number of hydrogen-bond acceptors (Lipinski definition) is 3. The number of rotatable bonds is 2. The fourth-order valence-corrected chi connectivity index (χ4v) is 1.79. The second-order valence-electron chi connectivity index (χ2n) is 3.92. The van der Waals surface area contributed by atoms with Crippen LogP contribution in [-0.2, 0) is 0 Å². The summed E-state index contributed by atoms with van der Waals surface area (Å²) >= 11 is 5.83. The maximum atomic E-state index is 13.5.